The van der Waals surface area contributed by atoms with Crippen molar-refractivity contribution in [1.82, 2.24) is 14.4 Å². The summed E-state index contributed by atoms with van der Waals surface area (Å²) in [4.78, 5) is 30.6. The van der Waals surface area contributed by atoms with Crippen LogP contribution < -0.4 is 19.5 Å². The smallest absolute Gasteiger partial charge is 0.418 e. The van der Waals surface area contributed by atoms with Crippen molar-refractivity contribution >= 4 is 44.3 Å². The van der Waals surface area contributed by atoms with Gasteiger partial charge in [0.1, 0.15) is 0 Å². The molecule has 2 amide bonds. The Morgan fingerprint density at radius 3 is 2.30 bits per heavy atom. The topological polar surface area (TPSA) is 122 Å². The molecule has 2 saturated heterocycles. The molecule has 2 fully saturated rings. The van der Waals surface area contributed by atoms with E-state index < -0.39 is 16.1 Å². The summed E-state index contributed by atoms with van der Waals surface area (Å²) in [7, 11) is 1.72. The number of nitrogens with one attached hydrogen (secondary N) is 2. The van der Waals surface area contributed by atoms with Crippen molar-refractivity contribution in [3.8, 4) is 11.6 Å². The molecule has 0 aliphatic carbocycles. The number of piperidine rings is 1. The molecule has 0 radical (unpaired) electrons. The van der Waals surface area contributed by atoms with Gasteiger partial charge in [0, 0.05) is 31.6 Å². The normalized spacial score (nSPS) is 18.2. The van der Waals surface area contributed by atoms with Crippen molar-refractivity contribution in [3.05, 3.63) is 47.5 Å². The Balaban J connectivity index is 1.31. The fraction of sp³-hybridized carbons (Fsp3) is 0.529. The summed E-state index contributed by atoms with van der Waals surface area (Å²) in [6.07, 6.45) is 5.16. The van der Waals surface area contributed by atoms with Crippen LogP contribution in [-0.2, 0) is 33.7 Å². The minimum atomic E-state index is -3.61. The van der Waals surface area contributed by atoms with Gasteiger partial charge in [0.2, 0.25) is 21.8 Å². The number of sulfonamides is 1. The summed E-state index contributed by atoms with van der Waals surface area (Å²) >= 11 is 0. The van der Waals surface area contributed by atoms with Gasteiger partial charge in [-0.1, -0.05) is 39.0 Å². The molecule has 0 spiro atoms. The third-order valence-corrected chi connectivity index (χ3v) is 9.82. The van der Waals surface area contributed by atoms with E-state index in [2.05, 4.69) is 21.0 Å². The zero-order valence-electron chi connectivity index (χ0n) is 28.0. The Bertz CT molecular complexity index is 1720. The Labute approximate surface area is 272 Å². The third kappa shape index (κ3) is 7.44. The van der Waals surface area contributed by atoms with Crippen LogP contribution in [0.3, 0.4) is 0 Å². The second-order valence-electron chi connectivity index (χ2n) is 13.8. The number of hydrogen-bond acceptors (Lipinski definition) is 7. The number of aryl methyl sites for hydroxylation is 1. The number of benzene rings is 2. The molecule has 12 heteroatoms. The average molecular weight is 654 g/mol. The number of nitrogens with zero attached hydrogens (tertiary/aromatic N) is 3. The number of ether oxygens (including phenoxy) is 2. The maximum Gasteiger partial charge on any atom is 0.418 e. The van der Waals surface area contributed by atoms with Crippen LogP contribution in [0.2, 0.25) is 0 Å². The van der Waals surface area contributed by atoms with Gasteiger partial charge in [0.15, 0.2) is 5.75 Å². The molecule has 0 bridgehead atoms. The van der Waals surface area contributed by atoms with Crippen LogP contribution in [0.4, 0.5) is 16.2 Å². The molecule has 3 heterocycles. The number of hydrogen-bond donors (Lipinski definition) is 2. The third-order valence-electron chi connectivity index (χ3n) is 9.22. The summed E-state index contributed by atoms with van der Waals surface area (Å²) in [5.41, 5.74) is 3.14. The van der Waals surface area contributed by atoms with E-state index in [1.54, 1.807) is 12.1 Å². The van der Waals surface area contributed by atoms with Crippen LogP contribution in [0.25, 0.3) is 10.9 Å². The van der Waals surface area contributed by atoms with Crippen LogP contribution in [0.5, 0.6) is 11.6 Å². The lowest BCUT2D eigenvalue weighted by Gasteiger charge is -2.35. The fourth-order valence-corrected chi connectivity index (χ4v) is 7.27. The summed E-state index contributed by atoms with van der Waals surface area (Å²) in [6.45, 7) is 8.54. The highest BCUT2D eigenvalue weighted by Crippen LogP contribution is 2.39. The standard InChI is InChI=1S/C34H47N5O6S/c1-34(2,3)25-20-26(31(44-6)27(21-25)36-46(7,42)43)35-33(41)45-29-19-24-11-8-10-23(30(24)38(29)5)18-22-13-16-39(17-14-22)32(40)28-12-9-15-37(28)4/h8,10-11,19-22,28,36H,9,12-18H2,1-7H3,(H,35,41)/t28-/m0/s1. The minimum Gasteiger partial charge on any atom is -0.492 e. The second kappa shape index (κ2) is 13.2. The number of amides is 2. The molecule has 0 unspecified atom stereocenters. The van der Waals surface area contributed by atoms with Gasteiger partial charge in [-0.3, -0.25) is 19.7 Å². The van der Waals surface area contributed by atoms with Gasteiger partial charge in [-0.25, -0.2) is 13.2 Å². The SMILES string of the molecule is COc1c(NC(=O)Oc2cc3cccc(CC4CCN(C(=O)[C@@H]5CCCN5C)CC4)c3n2C)cc(C(C)(C)C)cc1NS(C)(=O)=O. The predicted octanol–water partition coefficient (Wildman–Crippen LogP) is 5.34. The predicted molar refractivity (Wildman–Crippen MR) is 181 cm³/mol. The van der Waals surface area contributed by atoms with E-state index in [1.165, 1.54) is 12.7 Å². The molecule has 2 N–H and O–H groups in total. The van der Waals surface area contributed by atoms with Gasteiger partial charge < -0.3 is 18.9 Å². The molecular weight excluding hydrogens is 606 g/mol. The second-order valence-corrected chi connectivity index (χ2v) is 15.5. The number of carbonyl (C=O) groups excluding carboxylic acids is 2. The first-order valence-electron chi connectivity index (χ1n) is 15.9. The van der Waals surface area contributed by atoms with E-state index in [0.29, 0.717) is 11.8 Å². The number of aromatic nitrogens is 1. The Morgan fingerprint density at radius 1 is 1.00 bits per heavy atom. The van der Waals surface area contributed by atoms with Crippen LogP contribution in [0, 0.1) is 5.92 Å². The first-order chi connectivity index (χ1) is 21.6. The Morgan fingerprint density at radius 2 is 1.70 bits per heavy atom. The van der Waals surface area contributed by atoms with Crippen molar-refractivity contribution in [2.75, 3.05) is 50.1 Å². The van der Waals surface area contributed by atoms with Crippen molar-refractivity contribution < 1.29 is 27.5 Å². The summed E-state index contributed by atoms with van der Waals surface area (Å²) in [5, 5.41) is 3.73. The number of anilines is 2. The summed E-state index contributed by atoms with van der Waals surface area (Å²) < 4.78 is 39.9. The number of carbonyl (C=O) groups is 2. The first kappa shape index (κ1) is 33.6. The maximum atomic E-state index is 13.3. The first-order valence-corrected chi connectivity index (χ1v) is 17.8. The molecule has 46 heavy (non-hydrogen) atoms. The van der Waals surface area contributed by atoms with Gasteiger partial charge in [-0.15, -0.1) is 0 Å². The van der Waals surface area contributed by atoms with Gasteiger partial charge in [0.05, 0.1) is 36.3 Å². The van der Waals surface area contributed by atoms with E-state index in [1.807, 2.05) is 62.5 Å². The van der Waals surface area contributed by atoms with Gasteiger partial charge in [0.25, 0.3) is 0 Å². The molecule has 0 saturated carbocycles. The largest absolute Gasteiger partial charge is 0.492 e. The zero-order valence-corrected chi connectivity index (χ0v) is 28.8. The lowest BCUT2D eigenvalue weighted by molar-refractivity contribution is -0.137. The lowest BCUT2D eigenvalue weighted by Crippen LogP contribution is -2.47. The van der Waals surface area contributed by atoms with Crippen molar-refractivity contribution in [1.29, 1.82) is 0 Å². The Hall–Kier alpha value is -3.77. The molecule has 2 aliphatic heterocycles. The molecule has 1 atom stereocenters. The van der Waals surface area contributed by atoms with Crippen molar-refractivity contribution in [2.45, 2.75) is 64.3 Å². The molecule has 250 valence electrons. The number of rotatable bonds is 8. The van der Waals surface area contributed by atoms with Crippen LogP contribution >= 0.6 is 0 Å². The molecule has 5 rings (SSSR count). The summed E-state index contributed by atoms with van der Waals surface area (Å²) in [5.74, 6) is 1.28. The van der Waals surface area contributed by atoms with Crippen LogP contribution in [-0.4, -0.2) is 80.9 Å². The molecule has 11 nitrogen and oxygen atoms in total. The van der Waals surface area contributed by atoms with E-state index >= 15 is 0 Å². The zero-order chi connectivity index (χ0) is 33.4. The number of likely N-dealkylation sites (tertiary alicyclic amines) is 2. The average Bonchev–Trinajstić information content (AvgIpc) is 3.54. The monoisotopic (exact) mass is 653 g/mol. The fourth-order valence-electron chi connectivity index (χ4n) is 6.72. The van der Waals surface area contributed by atoms with Gasteiger partial charge in [-0.05, 0) is 80.3 Å². The van der Waals surface area contributed by atoms with Crippen molar-refractivity contribution in [2.24, 2.45) is 13.0 Å². The molecule has 1 aromatic heterocycles. The molecule has 2 aliphatic rings. The number of likely N-dealkylation sites (N-methyl/N-ethyl adjacent to an activating group) is 1. The highest BCUT2D eigenvalue weighted by molar-refractivity contribution is 7.92. The molecular formula is C34H47N5O6S. The van der Waals surface area contributed by atoms with Gasteiger partial charge >= 0.3 is 6.09 Å². The van der Waals surface area contributed by atoms with E-state index in [0.717, 1.165) is 74.5 Å². The highest BCUT2D eigenvalue weighted by atomic mass is 32.2. The van der Waals surface area contributed by atoms with Gasteiger partial charge in [-0.2, -0.15) is 0 Å². The minimum absolute atomic E-state index is 0.0269. The molecule has 2 aromatic carbocycles. The number of methoxy groups -OCH3 is 1. The lowest BCUT2D eigenvalue weighted by atomic mass is 9.86. The van der Waals surface area contributed by atoms with Crippen LogP contribution in [0.1, 0.15) is 57.6 Å². The Kier molecular flexibility index (Phi) is 9.60. The number of para-hydroxylation sites is 1. The van der Waals surface area contributed by atoms with E-state index in [4.69, 9.17) is 9.47 Å². The molecule has 3 aromatic rings. The summed E-state index contributed by atoms with van der Waals surface area (Å²) in [6, 6.07) is 11.5. The van der Waals surface area contributed by atoms with E-state index in [9.17, 15) is 18.0 Å². The van der Waals surface area contributed by atoms with Crippen molar-refractivity contribution in [3.63, 3.8) is 0 Å². The van der Waals surface area contributed by atoms with E-state index in [-0.39, 0.29) is 34.5 Å². The number of fused-ring (bicyclic) bond motifs is 1. The quantitative estimate of drug-likeness (QED) is 0.337. The van der Waals surface area contributed by atoms with Crippen LogP contribution in [0.15, 0.2) is 36.4 Å². The maximum absolute atomic E-state index is 13.3. The highest BCUT2D eigenvalue weighted by Gasteiger charge is 2.33.